The Bertz CT molecular complexity index is 441. The van der Waals surface area contributed by atoms with Crippen LogP contribution in [0.4, 0.5) is 0 Å². The summed E-state index contributed by atoms with van der Waals surface area (Å²) in [5, 5.41) is 3.07. The second-order valence-corrected chi connectivity index (χ2v) is 6.85. The molecule has 0 spiro atoms. The number of nitrogens with zero attached hydrogens (tertiary/aromatic N) is 1. The normalized spacial score (nSPS) is 17.0. The van der Waals surface area contributed by atoms with Crippen LogP contribution in [0.5, 0.6) is 0 Å². The highest BCUT2D eigenvalue weighted by Gasteiger charge is 2.26. The smallest absolute Gasteiger partial charge is 0.220 e. The Morgan fingerprint density at radius 3 is 2.81 bits per heavy atom. The van der Waals surface area contributed by atoms with Crippen molar-refractivity contribution >= 4 is 17.7 Å². The molecule has 2 rings (SSSR count). The molecule has 118 valence electrons. The molecule has 1 aromatic heterocycles. The van der Waals surface area contributed by atoms with Crippen molar-refractivity contribution in [3.8, 4) is 0 Å². The van der Waals surface area contributed by atoms with E-state index < -0.39 is 0 Å². The van der Waals surface area contributed by atoms with Crippen LogP contribution in [0.1, 0.15) is 43.7 Å². The fourth-order valence-corrected chi connectivity index (χ4v) is 3.32. The summed E-state index contributed by atoms with van der Waals surface area (Å²) in [6, 6.07) is 4.21. The zero-order valence-electron chi connectivity index (χ0n) is 13.1. The third kappa shape index (κ3) is 5.08. The minimum Gasteiger partial charge on any atom is -0.465 e. The number of aryl methyl sites for hydroxylation is 1. The average molecular weight is 310 g/mol. The van der Waals surface area contributed by atoms with Gasteiger partial charge in [0, 0.05) is 18.7 Å². The van der Waals surface area contributed by atoms with Gasteiger partial charge in [-0.25, -0.2) is 0 Å². The summed E-state index contributed by atoms with van der Waals surface area (Å²) in [6.07, 6.45) is 3.07. The van der Waals surface area contributed by atoms with E-state index >= 15 is 0 Å². The van der Waals surface area contributed by atoms with Crippen molar-refractivity contribution in [2.75, 3.05) is 31.1 Å². The Morgan fingerprint density at radius 2 is 2.19 bits per heavy atom. The highest BCUT2D eigenvalue weighted by molar-refractivity contribution is 7.99. The van der Waals surface area contributed by atoms with Gasteiger partial charge in [-0.2, -0.15) is 11.8 Å². The Morgan fingerprint density at radius 1 is 1.43 bits per heavy atom. The molecule has 1 fully saturated rings. The summed E-state index contributed by atoms with van der Waals surface area (Å²) >= 11 is 1.81. The Hall–Kier alpha value is -0.940. The van der Waals surface area contributed by atoms with Gasteiger partial charge in [-0.1, -0.05) is 6.92 Å². The number of likely N-dealkylation sites (tertiary alicyclic amines) is 1. The summed E-state index contributed by atoms with van der Waals surface area (Å²) in [5.41, 5.74) is 0. The minimum atomic E-state index is 0.142. The molecule has 5 heteroatoms. The third-order valence-electron chi connectivity index (χ3n) is 3.84. The second kappa shape index (κ2) is 8.49. The highest BCUT2D eigenvalue weighted by atomic mass is 32.2. The fourth-order valence-electron chi connectivity index (χ4n) is 2.70. The van der Waals surface area contributed by atoms with Crippen LogP contribution >= 0.6 is 11.8 Å². The molecule has 0 aromatic carbocycles. The largest absolute Gasteiger partial charge is 0.465 e. The maximum Gasteiger partial charge on any atom is 0.220 e. The van der Waals surface area contributed by atoms with E-state index in [4.69, 9.17) is 4.42 Å². The van der Waals surface area contributed by atoms with Crippen LogP contribution in [0.2, 0.25) is 0 Å². The molecule has 1 aromatic rings. The van der Waals surface area contributed by atoms with Crippen molar-refractivity contribution in [1.29, 1.82) is 0 Å². The number of hydrogen-bond acceptors (Lipinski definition) is 4. The lowest BCUT2D eigenvalue weighted by Crippen LogP contribution is -2.36. The molecule has 1 amide bonds. The molecule has 1 atom stereocenters. The van der Waals surface area contributed by atoms with Gasteiger partial charge in [0.05, 0.1) is 6.04 Å². The number of carbonyl (C=O) groups excluding carboxylic acids is 1. The van der Waals surface area contributed by atoms with E-state index in [0.29, 0.717) is 13.0 Å². The molecular formula is C16H26N2O2S. The average Bonchev–Trinajstić information content (AvgIpc) is 3.12. The maximum absolute atomic E-state index is 11.9. The predicted molar refractivity (Wildman–Crippen MR) is 87.6 cm³/mol. The molecule has 0 unspecified atom stereocenters. The SMILES string of the molecule is CCSCCC(=O)NC[C@@H](c1ccc(C)o1)N1CCCC1. The van der Waals surface area contributed by atoms with Gasteiger partial charge in [-0.3, -0.25) is 9.69 Å². The monoisotopic (exact) mass is 310 g/mol. The summed E-state index contributed by atoms with van der Waals surface area (Å²) in [6.45, 7) is 6.90. The predicted octanol–water partition coefficient (Wildman–Crippen LogP) is 2.98. The summed E-state index contributed by atoms with van der Waals surface area (Å²) in [4.78, 5) is 14.3. The maximum atomic E-state index is 11.9. The lowest BCUT2D eigenvalue weighted by atomic mass is 10.2. The molecular weight excluding hydrogens is 284 g/mol. The van der Waals surface area contributed by atoms with E-state index in [9.17, 15) is 4.79 Å². The standard InChI is InChI=1S/C16H26N2O2S/c1-3-21-11-8-16(19)17-12-14(18-9-4-5-10-18)15-7-6-13(2)20-15/h6-7,14H,3-5,8-12H2,1-2H3,(H,17,19)/t14-/m0/s1. The van der Waals surface area contributed by atoms with Gasteiger partial charge >= 0.3 is 0 Å². The number of furan rings is 1. The molecule has 2 heterocycles. The number of hydrogen-bond donors (Lipinski definition) is 1. The van der Waals surface area contributed by atoms with Crippen LogP contribution in [0.3, 0.4) is 0 Å². The van der Waals surface area contributed by atoms with Crippen molar-refractivity contribution in [1.82, 2.24) is 10.2 Å². The molecule has 0 saturated carbocycles. The molecule has 0 aliphatic carbocycles. The van der Waals surface area contributed by atoms with E-state index in [-0.39, 0.29) is 11.9 Å². The van der Waals surface area contributed by atoms with Gasteiger partial charge in [-0.15, -0.1) is 0 Å². The molecule has 1 aliphatic rings. The minimum absolute atomic E-state index is 0.142. The first-order valence-corrected chi connectivity index (χ1v) is 9.01. The van der Waals surface area contributed by atoms with Gasteiger partial charge in [0.25, 0.3) is 0 Å². The van der Waals surface area contributed by atoms with Crippen LogP contribution in [0, 0.1) is 6.92 Å². The summed E-state index contributed by atoms with van der Waals surface area (Å²) in [5.74, 6) is 4.01. The van der Waals surface area contributed by atoms with Gasteiger partial charge in [0.15, 0.2) is 0 Å². The molecule has 4 nitrogen and oxygen atoms in total. The number of thioether (sulfide) groups is 1. The van der Waals surface area contributed by atoms with E-state index in [2.05, 4.69) is 17.1 Å². The fraction of sp³-hybridized carbons (Fsp3) is 0.688. The van der Waals surface area contributed by atoms with Crippen LogP contribution < -0.4 is 5.32 Å². The first kappa shape index (κ1) is 16.4. The van der Waals surface area contributed by atoms with Crippen molar-refractivity contribution in [3.05, 3.63) is 23.7 Å². The second-order valence-electron chi connectivity index (χ2n) is 5.46. The topological polar surface area (TPSA) is 45.5 Å². The van der Waals surface area contributed by atoms with Crippen molar-refractivity contribution < 1.29 is 9.21 Å². The molecule has 0 radical (unpaired) electrons. The van der Waals surface area contributed by atoms with E-state index in [0.717, 1.165) is 36.1 Å². The quantitative estimate of drug-likeness (QED) is 0.750. The van der Waals surface area contributed by atoms with Crippen LogP contribution in [-0.4, -0.2) is 41.9 Å². The van der Waals surface area contributed by atoms with Gasteiger partial charge in [-0.05, 0) is 50.7 Å². The number of nitrogens with one attached hydrogen (secondary N) is 1. The highest BCUT2D eigenvalue weighted by Crippen LogP contribution is 2.26. The van der Waals surface area contributed by atoms with Gasteiger partial charge in [0.2, 0.25) is 5.91 Å². The summed E-state index contributed by atoms with van der Waals surface area (Å²) in [7, 11) is 0. The first-order chi connectivity index (χ1) is 10.2. The van der Waals surface area contributed by atoms with E-state index in [1.165, 1.54) is 12.8 Å². The number of amides is 1. The van der Waals surface area contributed by atoms with Gasteiger partial charge < -0.3 is 9.73 Å². The third-order valence-corrected chi connectivity index (χ3v) is 4.74. The van der Waals surface area contributed by atoms with Gasteiger partial charge in [0.1, 0.15) is 11.5 Å². The van der Waals surface area contributed by atoms with Crippen LogP contribution in [0.25, 0.3) is 0 Å². The number of rotatable bonds is 8. The molecule has 1 aliphatic heterocycles. The van der Waals surface area contributed by atoms with E-state index in [1.54, 1.807) is 11.8 Å². The lowest BCUT2D eigenvalue weighted by Gasteiger charge is -2.26. The zero-order valence-corrected chi connectivity index (χ0v) is 13.9. The van der Waals surface area contributed by atoms with Crippen molar-refractivity contribution in [2.45, 2.75) is 39.2 Å². The molecule has 1 saturated heterocycles. The molecule has 0 bridgehead atoms. The van der Waals surface area contributed by atoms with E-state index in [1.807, 2.05) is 19.1 Å². The Balaban J connectivity index is 1.88. The Kier molecular flexibility index (Phi) is 6.64. The number of carbonyl (C=O) groups is 1. The molecule has 1 N–H and O–H groups in total. The first-order valence-electron chi connectivity index (χ1n) is 7.85. The van der Waals surface area contributed by atoms with Crippen LogP contribution in [0.15, 0.2) is 16.5 Å². The van der Waals surface area contributed by atoms with Crippen LogP contribution in [-0.2, 0) is 4.79 Å². The molecule has 21 heavy (non-hydrogen) atoms. The van der Waals surface area contributed by atoms with Crippen molar-refractivity contribution in [3.63, 3.8) is 0 Å². The van der Waals surface area contributed by atoms with Crippen molar-refractivity contribution in [2.24, 2.45) is 0 Å². The Labute approximate surface area is 131 Å². The zero-order chi connectivity index (χ0) is 15.1. The lowest BCUT2D eigenvalue weighted by molar-refractivity contribution is -0.120. The summed E-state index contributed by atoms with van der Waals surface area (Å²) < 4.78 is 5.79.